The predicted molar refractivity (Wildman–Crippen MR) is 88.9 cm³/mol. The van der Waals surface area contributed by atoms with E-state index in [9.17, 15) is 4.79 Å². The van der Waals surface area contributed by atoms with E-state index in [1.165, 1.54) is 5.56 Å². The van der Waals surface area contributed by atoms with Gasteiger partial charge in [-0.2, -0.15) is 5.10 Å². The lowest BCUT2D eigenvalue weighted by molar-refractivity contribution is 0.0767. The summed E-state index contributed by atoms with van der Waals surface area (Å²) in [7, 11) is 1.79. The number of amides is 1. The minimum Gasteiger partial charge on any atom is -0.492 e. The molecule has 2 aromatic rings. The zero-order chi connectivity index (χ0) is 16.2. The first kappa shape index (κ1) is 15.6. The number of benzene rings is 1. The third-order valence-corrected chi connectivity index (χ3v) is 4.38. The molecule has 0 fully saturated rings. The van der Waals surface area contributed by atoms with Crippen LogP contribution in [0.1, 0.15) is 40.7 Å². The largest absolute Gasteiger partial charge is 0.492 e. The number of hydrogen-bond donors (Lipinski definition) is 1. The fraction of sp³-hybridized carbons (Fsp3) is 0.444. The monoisotopic (exact) mass is 313 g/mol. The number of fused-ring (bicyclic) bond motifs is 1. The van der Waals surface area contributed by atoms with Gasteiger partial charge in [-0.1, -0.05) is 19.1 Å². The molecule has 0 saturated heterocycles. The third kappa shape index (κ3) is 3.38. The highest BCUT2D eigenvalue weighted by Crippen LogP contribution is 2.23. The molecule has 5 nitrogen and oxygen atoms in total. The summed E-state index contributed by atoms with van der Waals surface area (Å²) in [5.74, 6) is 0.804. The van der Waals surface area contributed by atoms with Crippen molar-refractivity contribution in [3.63, 3.8) is 0 Å². The van der Waals surface area contributed by atoms with E-state index in [-0.39, 0.29) is 5.91 Å². The highest BCUT2D eigenvalue weighted by molar-refractivity contribution is 5.94. The van der Waals surface area contributed by atoms with Crippen molar-refractivity contribution in [1.82, 2.24) is 15.1 Å². The van der Waals surface area contributed by atoms with E-state index in [0.29, 0.717) is 18.8 Å². The van der Waals surface area contributed by atoms with Crippen molar-refractivity contribution in [2.24, 2.45) is 0 Å². The SMILES string of the molecule is CCc1ccc(OCCN(C)C(=O)c2n[nH]c3c2CCC3)cc1. The minimum absolute atomic E-state index is 0.0330. The van der Waals surface area contributed by atoms with Crippen molar-refractivity contribution in [2.45, 2.75) is 32.6 Å². The van der Waals surface area contributed by atoms with Crippen molar-refractivity contribution in [3.8, 4) is 5.75 Å². The van der Waals surface area contributed by atoms with Crippen molar-refractivity contribution in [1.29, 1.82) is 0 Å². The first-order valence-electron chi connectivity index (χ1n) is 8.22. The van der Waals surface area contributed by atoms with Gasteiger partial charge < -0.3 is 9.64 Å². The highest BCUT2D eigenvalue weighted by atomic mass is 16.5. The van der Waals surface area contributed by atoms with Gasteiger partial charge in [0.15, 0.2) is 5.69 Å². The molecular formula is C18H23N3O2. The number of H-pyrrole nitrogens is 1. The number of ether oxygens (including phenoxy) is 1. The summed E-state index contributed by atoms with van der Waals surface area (Å²) in [5, 5.41) is 7.17. The molecule has 122 valence electrons. The molecule has 1 aromatic carbocycles. The molecule has 1 amide bonds. The number of nitrogens with zero attached hydrogens (tertiary/aromatic N) is 2. The van der Waals surface area contributed by atoms with Crippen LogP contribution < -0.4 is 4.74 Å². The van der Waals surface area contributed by atoms with Crippen molar-refractivity contribution < 1.29 is 9.53 Å². The van der Waals surface area contributed by atoms with Crippen LogP contribution in [0.15, 0.2) is 24.3 Å². The lowest BCUT2D eigenvalue weighted by Gasteiger charge is -2.17. The quantitative estimate of drug-likeness (QED) is 0.892. The minimum atomic E-state index is -0.0330. The fourth-order valence-corrected chi connectivity index (χ4v) is 2.90. The molecule has 0 radical (unpaired) electrons. The first-order valence-corrected chi connectivity index (χ1v) is 8.22. The Bertz CT molecular complexity index is 676. The van der Waals surface area contributed by atoms with Gasteiger partial charge in [-0.3, -0.25) is 9.89 Å². The van der Waals surface area contributed by atoms with Gasteiger partial charge >= 0.3 is 0 Å². The second-order valence-corrected chi connectivity index (χ2v) is 5.96. The van der Waals surface area contributed by atoms with Gasteiger partial charge in [0.05, 0.1) is 6.54 Å². The van der Waals surface area contributed by atoms with Crippen LogP contribution in [0.2, 0.25) is 0 Å². The Morgan fingerprint density at radius 3 is 2.83 bits per heavy atom. The van der Waals surface area contributed by atoms with Crippen LogP contribution in [0.5, 0.6) is 5.75 Å². The van der Waals surface area contributed by atoms with E-state index in [2.05, 4.69) is 29.3 Å². The maximum Gasteiger partial charge on any atom is 0.274 e. The van der Waals surface area contributed by atoms with Crippen LogP contribution in [-0.4, -0.2) is 41.2 Å². The lowest BCUT2D eigenvalue weighted by Crippen LogP contribution is -2.31. The normalized spacial score (nSPS) is 13.0. The second kappa shape index (κ2) is 6.86. The maximum absolute atomic E-state index is 12.5. The van der Waals surface area contributed by atoms with Gasteiger partial charge in [0.1, 0.15) is 12.4 Å². The molecular weight excluding hydrogens is 290 g/mol. The molecule has 5 heteroatoms. The number of carbonyl (C=O) groups is 1. The van der Waals surface area contributed by atoms with Crippen molar-refractivity contribution in [3.05, 3.63) is 46.8 Å². The van der Waals surface area contributed by atoms with Gasteiger partial charge in [-0.05, 0) is 43.4 Å². The Labute approximate surface area is 136 Å². The van der Waals surface area contributed by atoms with Crippen LogP contribution in [0.25, 0.3) is 0 Å². The van der Waals surface area contributed by atoms with Crippen LogP contribution >= 0.6 is 0 Å². The number of nitrogens with one attached hydrogen (secondary N) is 1. The van der Waals surface area contributed by atoms with E-state index in [0.717, 1.165) is 42.7 Å². The van der Waals surface area contributed by atoms with Gasteiger partial charge in [0.2, 0.25) is 0 Å². The lowest BCUT2D eigenvalue weighted by atomic mass is 10.2. The summed E-state index contributed by atoms with van der Waals surface area (Å²) in [6.45, 7) is 3.14. The molecule has 1 aliphatic carbocycles. The summed E-state index contributed by atoms with van der Waals surface area (Å²) in [6, 6.07) is 8.08. The van der Waals surface area contributed by atoms with Gasteiger partial charge in [0, 0.05) is 18.3 Å². The standard InChI is InChI=1S/C18H23N3O2/c1-3-13-7-9-14(10-8-13)23-12-11-21(2)18(22)17-15-5-4-6-16(15)19-20-17/h7-10H,3-6,11-12H2,1-2H3,(H,19,20). The van der Waals surface area contributed by atoms with Gasteiger partial charge in [-0.25, -0.2) is 0 Å². The Morgan fingerprint density at radius 1 is 1.30 bits per heavy atom. The first-order chi connectivity index (χ1) is 11.2. The molecule has 0 aliphatic heterocycles. The predicted octanol–water partition coefficient (Wildman–Crippen LogP) is 2.61. The van der Waals surface area contributed by atoms with E-state index in [4.69, 9.17) is 4.74 Å². The average molecular weight is 313 g/mol. The maximum atomic E-state index is 12.5. The number of rotatable bonds is 6. The van der Waals surface area contributed by atoms with Gasteiger partial charge in [-0.15, -0.1) is 0 Å². The highest BCUT2D eigenvalue weighted by Gasteiger charge is 2.24. The summed E-state index contributed by atoms with van der Waals surface area (Å²) >= 11 is 0. The number of aryl methyl sites for hydroxylation is 2. The molecule has 1 aliphatic rings. The summed E-state index contributed by atoms with van der Waals surface area (Å²) < 4.78 is 5.71. The van der Waals surface area contributed by atoms with Crippen LogP contribution in [0.4, 0.5) is 0 Å². The molecule has 0 unspecified atom stereocenters. The Balaban J connectivity index is 1.52. The fourth-order valence-electron chi connectivity index (χ4n) is 2.90. The Hall–Kier alpha value is -2.30. The zero-order valence-electron chi connectivity index (χ0n) is 13.8. The molecule has 1 heterocycles. The number of likely N-dealkylation sites (N-methyl/N-ethyl adjacent to an activating group) is 1. The molecule has 0 spiro atoms. The third-order valence-electron chi connectivity index (χ3n) is 4.38. The number of hydrogen-bond acceptors (Lipinski definition) is 3. The second-order valence-electron chi connectivity index (χ2n) is 5.96. The number of aromatic amines is 1. The summed E-state index contributed by atoms with van der Waals surface area (Å²) in [6.07, 6.45) is 4.06. The summed E-state index contributed by atoms with van der Waals surface area (Å²) in [4.78, 5) is 14.2. The van der Waals surface area contributed by atoms with E-state index in [1.807, 2.05) is 12.1 Å². The van der Waals surface area contributed by atoms with E-state index < -0.39 is 0 Å². The molecule has 1 N–H and O–H groups in total. The average Bonchev–Trinajstić information content (AvgIpc) is 3.18. The van der Waals surface area contributed by atoms with E-state index >= 15 is 0 Å². The molecule has 1 aromatic heterocycles. The molecule has 23 heavy (non-hydrogen) atoms. The smallest absolute Gasteiger partial charge is 0.274 e. The number of aromatic nitrogens is 2. The summed E-state index contributed by atoms with van der Waals surface area (Å²) in [5.41, 5.74) is 4.08. The molecule has 3 rings (SSSR count). The van der Waals surface area contributed by atoms with E-state index in [1.54, 1.807) is 11.9 Å². The van der Waals surface area contributed by atoms with Crippen LogP contribution in [0.3, 0.4) is 0 Å². The van der Waals surface area contributed by atoms with Gasteiger partial charge in [0.25, 0.3) is 5.91 Å². The Morgan fingerprint density at radius 2 is 2.09 bits per heavy atom. The topological polar surface area (TPSA) is 58.2 Å². The molecule has 0 saturated carbocycles. The Kier molecular flexibility index (Phi) is 4.65. The van der Waals surface area contributed by atoms with Crippen LogP contribution in [0, 0.1) is 0 Å². The van der Waals surface area contributed by atoms with Crippen molar-refractivity contribution >= 4 is 5.91 Å². The van der Waals surface area contributed by atoms with Crippen LogP contribution in [-0.2, 0) is 19.3 Å². The molecule has 0 atom stereocenters. The number of carbonyl (C=O) groups excluding carboxylic acids is 1. The zero-order valence-corrected chi connectivity index (χ0v) is 13.8. The van der Waals surface area contributed by atoms with Crippen molar-refractivity contribution in [2.75, 3.05) is 20.2 Å². The molecule has 0 bridgehead atoms.